The summed E-state index contributed by atoms with van der Waals surface area (Å²) in [5, 5.41) is 6.50. The molecule has 0 spiro atoms. The lowest BCUT2D eigenvalue weighted by atomic mass is 10.3. The topological polar surface area (TPSA) is 93.5 Å². The van der Waals surface area contributed by atoms with Gasteiger partial charge in [0.15, 0.2) is 12.4 Å². The van der Waals surface area contributed by atoms with Crippen molar-refractivity contribution >= 4 is 44.7 Å². The van der Waals surface area contributed by atoms with Gasteiger partial charge in [0.05, 0.1) is 21.5 Å². The van der Waals surface area contributed by atoms with Crippen LogP contribution in [-0.4, -0.2) is 23.4 Å². The van der Waals surface area contributed by atoms with E-state index >= 15 is 0 Å². The van der Waals surface area contributed by atoms with E-state index in [1.807, 2.05) is 25.1 Å². The summed E-state index contributed by atoms with van der Waals surface area (Å²) in [7, 11) is 0. The maximum absolute atomic E-state index is 12.2. The number of anilines is 2. The number of thiazole rings is 1. The molecule has 0 bridgehead atoms. The summed E-state index contributed by atoms with van der Waals surface area (Å²) in [6, 6.07) is 15.6. The van der Waals surface area contributed by atoms with Gasteiger partial charge in [0.2, 0.25) is 0 Å². The summed E-state index contributed by atoms with van der Waals surface area (Å²) in [4.78, 5) is 28.7. The van der Waals surface area contributed by atoms with Crippen molar-refractivity contribution in [3.8, 4) is 5.75 Å². The van der Waals surface area contributed by atoms with Crippen LogP contribution in [0.2, 0.25) is 0 Å². The van der Waals surface area contributed by atoms with E-state index in [0.717, 1.165) is 15.2 Å². The zero-order valence-corrected chi connectivity index (χ0v) is 16.3. The number of carbonyl (C=O) groups is 2. The molecule has 0 aliphatic rings. The Bertz CT molecular complexity index is 1170. The van der Waals surface area contributed by atoms with Gasteiger partial charge < -0.3 is 19.8 Å². The van der Waals surface area contributed by atoms with Crippen LogP contribution < -0.4 is 15.4 Å². The third kappa shape index (κ3) is 4.61. The summed E-state index contributed by atoms with van der Waals surface area (Å²) in [6.07, 6.45) is 1.43. The molecule has 0 aliphatic carbocycles. The molecule has 0 atom stereocenters. The Morgan fingerprint density at radius 2 is 1.93 bits per heavy atom. The number of amides is 2. The van der Waals surface area contributed by atoms with Crippen LogP contribution in [-0.2, 0) is 4.79 Å². The number of rotatable bonds is 6. The molecule has 0 aliphatic heterocycles. The van der Waals surface area contributed by atoms with Crippen molar-refractivity contribution in [3.63, 3.8) is 0 Å². The van der Waals surface area contributed by atoms with Crippen molar-refractivity contribution in [1.29, 1.82) is 0 Å². The molecule has 0 unspecified atom stereocenters. The molecule has 0 saturated carbocycles. The third-order valence-corrected chi connectivity index (χ3v) is 4.92. The van der Waals surface area contributed by atoms with Crippen LogP contribution in [0, 0.1) is 6.92 Å². The Balaban J connectivity index is 1.34. The minimum atomic E-state index is -0.362. The van der Waals surface area contributed by atoms with Crippen LogP contribution in [0.4, 0.5) is 11.4 Å². The molecule has 2 heterocycles. The fourth-order valence-corrected chi connectivity index (χ4v) is 3.59. The molecule has 2 amide bonds. The van der Waals surface area contributed by atoms with Gasteiger partial charge in [0.1, 0.15) is 5.75 Å². The van der Waals surface area contributed by atoms with Gasteiger partial charge in [-0.2, -0.15) is 0 Å². The minimum absolute atomic E-state index is 0.157. The molecule has 7 nitrogen and oxygen atoms in total. The van der Waals surface area contributed by atoms with E-state index in [4.69, 9.17) is 9.15 Å². The Labute approximate surface area is 170 Å². The summed E-state index contributed by atoms with van der Waals surface area (Å²) in [6.45, 7) is 1.79. The molecule has 0 saturated heterocycles. The number of benzene rings is 2. The van der Waals surface area contributed by atoms with E-state index in [9.17, 15) is 9.59 Å². The predicted molar refractivity (Wildman–Crippen MR) is 112 cm³/mol. The van der Waals surface area contributed by atoms with E-state index < -0.39 is 0 Å². The number of aromatic nitrogens is 1. The molecule has 2 N–H and O–H groups in total. The van der Waals surface area contributed by atoms with E-state index in [1.165, 1.54) is 6.26 Å². The van der Waals surface area contributed by atoms with E-state index in [0.29, 0.717) is 17.1 Å². The van der Waals surface area contributed by atoms with Gasteiger partial charge in [0.25, 0.3) is 11.8 Å². The van der Waals surface area contributed by atoms with Crippen LogP contribution in [0.15, 0.2) is 65.3 Å². The normalized spacial score (nSPS) is 10.7. The summed E-state index contributed by atoms with van der Waals surface area (Å²) in [5.41, 5.74) is 2.14. The van der Waals surface area contributed by atoms with Crippen molar-refractivity contribution in [2.45, 2.75) is 6.92 Å². The molecule has 0 fully saturated rings. The molecular weight excluding hydrogens is 390 g/mol. The first-order chi connectivity index (χ1) is 14.1. The van der Waals surface area contributed by atoms with Crippen LogP contribution in [0.1, 0.15) is 15.6 Å². The van der Waals surface area contributed by atoms with Gasteiger partial charge in [0, 0.05) is 17.4 Å². The molecule has 8 heteroatoms. The van der Waals surface area contributed by atoms with Crippen molar-refractivity contribution in [2.24, 2.45) is 0 Å². The first kappa shape index (κ1) is 18.7. The molecule has 4 aromatic rings. The molecule has 2 aromatic heterocycles. The molecule has 29 heavy (non-hydrogen) atoms. The number of nitrogens with one attached hydrogen (secondary N) is 2. The Hall–Kier alpha value is -3.65. The Morgan fingerprint density at radius 3 is 2.76 bits per heavy atom. The SMILES string of the molecule is Cc1nc2ccc(NC(=O)COc3cccc(NC(=O)c4ccco4)c3)cc2s1. The van der Waals surface area contributed by atoms with Crippen molar-refractivity contribution in [3.05, 3.63) is 71.6 Å². The van der Waals surface area contributed by atoms with E-state index in [2.05, 4.69) is 15.6 Å². The molecule has 0 radical (unpaired) electrons. The Kier molecular flexibility index (Phi) is 5.26. The van der Waals surface area contributed by atoms with Gasteiger partial charge in [-0.05, 0) is 49.4 Å². The molecule has 146 valence electrons. The van der Waals surface area contributed by atoms with E-state index in [-0.39, 0.29) is 24.2 Å². The second-order valence-corrected chi connectivity index (χ2v) is 7.45. The summed E-state index contributed by atoms with van der Waals surface area (Å²) >= 11 is 1.57. The number of furan rings is 1. The monoisotopic (exact) mass is 407 g/mol. The lowest BCUT2D eigenvalue weighted by molar-refractivity contribution is -0.118. The zero-order chi connectivity index (χ0) is 20.2. The minimum Gasteiger partial charge on any atom is -0.484 e. The quantitative estimate of drug-likeness (QED) is 0.492. The first-order valence-corrected chi connectivity index (χ1v) is 9.63. The van der Waals surface area contributed by atoms with E-state index in [1.54, 1.807) is 47.7 Å². The lowest BCUT2D eigenvalue weighted by Crippen LogP contribution is -2.20. The first-order valence-electron chi connectivity index (χ1n) is 8.81. The largest absolute Gasteiger partial charge is 0.484 e. The van der Waals surface area contributed by atoms with Crippen molar-refractivity contribution in [2.75, 3.05) is 17.2 Å². The van der Waals surface area contributed by atoms with Crippen LogP contribution >= 0.6 is 11.3 Å². The number of fused-ring (bicyclic) bond motifs is 1. The lowest BCUT2D eigenvalue weighted by Gasteiger charge is -2.09. The average Bonchev–Trinajstić information content (AvgIpc) is 3.35. The van der Waals surface area contributed by atoms with Gasteiger partial charge in [-0.15, -0.1) is 11.3 Å². The van der Waals surface area contributed by atoms with Gasteiger partial charge in [-0.25, -0.2) is 4.98 Å². The smallest absolute Gasteiger partial charge is 0.291 e. The second kappa shape index (κ2) is 8.15. The molecule has 4 rings (SSSR count). The van der Waals surface area contributed by atoms with Gasteiger partial charge >= 0.3 is 0 Å². The maximum atomic E-state index is 12.2. The summed E-state index contributed by atoms with van der Waals surface area (Å²) in [5.74, 6) is 0.0314. The summed E-state index contributed by atoms with van der Waals surface area (Å²) < 4.78 is 11.6. The third-order valence-electron chi connectivity index (χ3n) is 3.99. The number of ether oxygens (including phenoxy) is 1. The Morgan fingerprint density at radius 1 is 1.07 bits per heavy atom. The van der Waals surface area contributed by atoms with Crippen LogP contribution in [0.3, 0.4) is 0 Å². The number of hydrogen-bond donors (Lipinski definition) is 2. The highest BCUT2D eigenvalue weighted by molar-refractivity contribution is 7.18. The van der Waals surface area contributed by atoms with Crippen LogP contribution in [0.25, 0.3) is 10.2 Å². The highest BCUT2D eigenvalue weighted by Gasteiger charge is 2.10. The number of nitrogens with zero attached hydrogens (tertiary/aromatic N) is 1. The number of carbonyl (C=O) groups excluding carboxylic acids is 2. The van der Waals surface area contributed by atoms with Crippen LogP contribution in [0.5, 0.6) is 5.75 Å². The fourth-order valence-electron chi connectivity index (χ4n) is 2.73. The van der Waals surface area contributed by atoms with Gasteiger partial charge in [-0.1, -0.05) is 6.07 Å². The number of aryl methyl sites for hydroxylation is 1. The highest BCUT2D eigenvalue weighted by Crippen LogP contribution is 2.25. The molecule has 2 aromatic carbocycles. The zero-order valence-electron chi connectivity index (χ0n) is 15.5. The highest BCUT2D eigenvalue weighted by atomic mass is 32.1. The average molecular weight is 407 g/mol. The van der Waals surface area contributed by atoms with Crippen molar-refractivity contribution < 1.29 is 18.7 Å². The maximum Gasteiger partial charge on any atom is 0.291 e. The molecular formula is C21H17N3O4S. The fraction of sp³-hybridized carbons (Fsp3) is 0.0952. The predicted octanol–water partition coefficient (Wildman–Crippen LogP) is 4.47. The van der Waals surface area contributed by atoms with Gasteiger partial charge in [-0.3, -0.25) is 9.59 Å². The van der Waals surface area contributed by atoms with Crippen molar-refractivity contribution in [1.82, 2.24) is 4.98 Å². The standard InChI is InChI=1S/C21H17N3O4S/c1-13-22-17-8-7-15(11-19(17)29-13)23-20(25)12-28-16-5-2-4-14(10-16)24-21(26)18-6-3-9-27-18/h2-11H,12H2,1H3,(H,23,25)(H,24,26). The second-order valence-electron chi connectivity index (χ2n) is 6.21. The number of hydrogen-bond acceptors (Lipinski definition) is 6.